The fourth-order valence-electron chi connectivity index (χ4n) is 1.52. The highest BCUT2D eigenvalue weighted by molar-refractivity contribution is 9.10. The average Bonchev–Trinajstić information content (AvgIpc) is 2.37. The molecule has 0 fully saturated rings. The number of phenols is 1. The zero-order valence-electron chi connectivity index (χ0n) is 9.67. The van der Waals surface area contributed by atoms with Crippen LogP contribution in [0.5, 0.6) is 5.75 Å². The molecule has 0 atom stereocenters. The van der Waals surface area contributed by atoms with Gasteiger partial charge in [-0.1, -0.05) is 12.1 Å². The molecular weight excluding hydrogens is 296 g/mol. The molecule has 4 nitrogen and oxygen atoms in total. The number of anilines is 1. The number of pyridine rings is 1. The lowest BCUT2D eigenvalue weighted by molar-refractivity contribution is 0.0988. The van der Waals surface area contributed by atoms with Gasteiger partial charge in [0.25, 0.3) is 5.91 Å². The number of hydrogen-bond donors (Lipinski definition) is 1. The molecule has 0 aliphatic rings. The molecule has 1 amide bonds. The number of halogens is 1. The average molecular weight is 307 g/mol. The van der Waals surface area contributed by atoms with Crippen molar-refractivity contribution in [3.05, 3.63) is 52.8 Å². The van der Waals surface area contributed by atoms with E-state index in [4.69, 9.17) is 0 Å². The highest BCUT2D eigenvalue weighted by Gasteiger charge is 2.15. The number of carbonyl (C=O) groups excluding carboxylic acids is 1. The molecule has 0 saturated carbocycles. The Labute approximate surface area is 113 Å². The monoisotopic (exact) mass is 306 g/mol. The van der Waals surface area contributed by atoms with Crippen molar-refractivity contribution >= 4 is 27.5 Å². The van der Waals surface area contributed by atoms with Crippen LogP contribution >= 0.6 is 15.9 Å². The second-order valence-corrected chi connectivity index (χ2v) is 4.54. The van der Waals surface area contributed by atoms with E-state index in [0.717, 1.165) is 0 Å². The molecule has 2 rings (SSSR count). The SMILES string of the molecule is CN(C(=O)c1cccc(Br)n1)c1cccc(O)c1. The molecule has 0 radical (unpaired) electrons. The first kappa shape index (κ1) is 12.6. The predicted octanol–water partition coefficient (Wildman–Crippen LogP) is 2.83. The fraction of sp³-hybridized carbons (Fsp3) is 0.0769. The first-order valence-corrected chi connectivity index (χ1v) is 6.07. The van der Waals surface area contributed by atoms with Gasteiger partial charge in [0.15, 0.2) is 0 Å². The van der Waals surface area contributed by atoms with Gasteiger partial charge in [-0.2, -0.15) is 0 Å². The zero-order chi connectivity index (χ0) is 13.1. The summed E-state index contributed by atoms with van der Waals surface area (Å²) in [6.07, 6.45) is 0. The summed E-state index contributed by atoms with van der Waals surface area (Å²) < 4.78 is 0.609. The highest BCUT2D eigenvalue weighted by Crippen LogP contribution is 2.20. The largest absolute Gasteiger partial charge is 0.508 e. The maximum Gasteiger partial charge on any atom is 0.276 e. The molecule has 5 heteroatoms. The van der Waals surface area contributed by atoms with E-state index in [2.05, 4.69) is 20.9 Å². The summed E-state index contributed by atoms with van der Waals surface area (Å²) in [6.45, 7) is 0. The van der Waals surface area contributed by atoms with Gasteiger partial charge in [-0.25, -0.2) is 4.98 Å². The molecule has 1 N–H and O–H groups in total. The van der Waals surface area contributed by atoms with Crippen molar-refractivity contribution < 1.29 is 9.90 Å². The number of rotatable bonds is 2. The van der Waals surface area contributed by atoms with Gasteiger partial charge in [0, 0.05) is 18.8 Å². The van der Waals surface area contributed by atoms with Crippen LogP contribution in [-0.4, -0.2) is 23.0 Å². The number of amides is 1. The van der Waals surface area contributed by atoms with Gasteiger partial charge in [-0.15, -0.1) is 0 Å². The third-order valence-electron chi connectivity index (χ3n) is 2.46. The molecule has 0 spiro atoms. The van der Waals surface area contributed by atoms with E-state index in [1.807, 2.05) is 0 Å². The first-order valence-electron chi connectivity index (χ1n) is 5.27. The van der Waals surface area contributed by atoms with Crippen molar-refractivity contribution in [3.8, 4) is 5.75 Å². The van der Waals surface area contributed by atoms with Gasteiger partial charge in [0.05, 0.1) is 0 Å². The van der Waals surface area contributed by atoms with Gasteiger partial charge in [0.1, 0.15) is 16.0 Å². The summed E-state index contributed by atoms with van der Waals surface area (Å²) in [5.41, 5.74) is 0.956. The number of aromatic nitrogens is 1. The van der Waals surface area contributed by atoms with Crippen LogP contribution in [0.25, 0.3) is 0 Å². The van der Waals surface area contributed by atoms with Gasteiger partial charge in [-0.05, 0) is 40.2 Å². The number of carbonyl (C=O) groups is 1. The smallest absolute Gasteiger partial charge is 0.276 e. The highest BCUT2D eigenvalue weighted by atomic mass is 79.9. The van der Waals surface area contributed by atoms with Crippen molar-refractivity contribution in [1.82, 2.24) is 4.98 Å². The quantitative estimate of drug-likeness (QED) is 0.868. The third-order valence-corrected chi connectivity index (χ3v) is 2.90. The second-order valence-electron chi connectivity index (χ2n) is 3.73. The van der Waals surface area contributed by atoms with E-state index < -0.39 is 0 Å². The van der Waals surface area contributed by atoms with Crippen molar-refractivity contribution in [3.63, 3.8) is 0 Å². The lowest BCUT2D eigenvalue weighted by Gasteiger charge is -2.17. The van der Waals surface area contributed by atoms with Crippen molar-refractivity contribution in [2.75, 3.05) is 11.9 Å². The topological polar surface area (TPSA) is 53.4 Å². The Morgan fingerprint density at radius 1 is 1.28 bits per heavy atom. The minimum absolute atomic E-state index is 0.120. The second kappa shape index (κ2) is 5.18. The van der Waals surface area contributed by atoms with E-state index in [0.29, 0.717) is 16.0 Å². The summed E-state index contributed by atoms with van der Waals surface area (Å²) in [4.78, 5) is 17.7. The Morgan fingerprint density at radius 3 is 2.67 bits per heavy atom. The van der Waals surface area contributed by atoms with Gasteiger partial charge >= 0.3 is 0 Å². The van der Waals surface area contributed by atoms with Gasteiger partial charge in [0.2, 0.25) is 0 Å². The number of aromatic hydroxyl groups is 1. The molecule has 0 aliphatic heterocycles. The molecule has 1 aromatic carbocycles. The van der Waals surface area contributed by atoms with Crippen LogP contribution in [-0.2, 0) is 0 Å². The first-order chi connectivity index (χ1) is 8.58. The van der Waals surface area contributed by atoms with Crippen LogP contribution in [0.3, 0.4) is 0 Å². The van der Waals surface area contributed by atoms with Crippen LogP contribution < -0.4 is 4.90 Å². The minimum Gasteiger partial charge on any atom is -0.508 e. The number of hydrogen-bond acceptors (Lipinski definition) is 3. The molecule has 92 valence electrons. The van der Waals surface area contributed by atoms with Crippen LogP contribution in [0.15, 0.2) is 47.1 Å². The molecule has 1 aromatic heterocycles. The Morgan fingerprint density at radius 2 is 2.00 bits per heavy atom. The fourth-order valence-corrected chi connectivity index (χ4v) is 1.86. The van der Waals surface area contributed by atoms with E-state index in [-0.39, 0.29) is 11.7 Å². The summed E-state index contributed by atoms with van der Waals surface area (Å²) in [7, 11) is 1.64. The molecule has 18 heavy (non-hydrogen) atoms. The Balaban J connectivity index is 2.29. The maximum atomic E-state index is 12.2. The lowest BCUT2D eigenvalue weighted by Crippen LogP contribution is -2.27. The van der Waals surface area contributed by atoms with Crippen LogP contribution in [0.4, 0.5) is 5.69 Å². The molecule has 0 unspecified atom stereocenters. The lowest BCUT2D eigenvalue weighted by atomic mass is 10.2. The van der Waals surface area contributed by atoms with Crippen LogP contribution in [0, 0.1) is 0 Å². The van der Waals surface area contributed by atoms with Crippen molar-refractivity contribution in [2.24, 2.45) is 0 Å². The van der Waals surface area contributed by atoms with Crippen LogP contribution in [0.1, 0.15) is 10.5 Å². The van der Waals surface area contributed by atoms with E-state index >= 15 is 0 Å². The number of nitrogens with zero attached hydrogens (tertiary/aromatic N) is 2. The predicted molar refractivity (Wildman–Crippen MR) is 72.8 cm³/mol. The zero-order valence-corrected chi connectivity index (χ0v) is 11.3. The number of phenolic OH excluding ortho intramolecular Hbond substituents is 1. The molecule has 0 saturated heterocycles. The third kappa shape index (κ3) is 2.68. The standard InChI is InChI=1S/C13H11BrN2O2/c1-16(9-4-2-5-10(17)8-9)13(18)11-6-3-7-12(14)15-11/h2-8,17H,1H3. The van der Waals surface area contributed by atoms with E-state index in [1.54, 1.807) is 43.4 Å². The normalized spacial score (nSPS) is 10.1. The minimum atomic E-state index is -0.234. The molecule has 0 bridgehead atoms. The number of benzene rings is 1. The molecule has 1 heterocycles. The summed E-state index contributed by atoms with van der Waals surface area (Å²) in [5, 5.41) is 9.40. The molecular formula is C13H11BrN2O2. The van der Waals surface area contributed by atoms with Crippen molar-refractivity contribution in [1.29, 1.82) is 0 Å². The van der Waals surface area contributed by atoms with Crippen LogP contribution in [0.2, 0.25) is 0 Å². The Hall–Kier alpha value is -1.88. The van der Waals surface area contributed by atoms with Gasteiger partial charge < -0.3 is 10.0 Å². The maximum absolute atomic E-state index is 12.2. The summed E-state index contributed by atoms with van der Waals surface area (Å²) in [6, 6.07) is 11.7. The van der Waals surface area contributed by atoms with E-state index in [9.17, 15) is 9.90 Å². The molecule has 0 aliphatic carbocycles. The Bertz CT molecular complexity index is 587. The van der Waals surface area contributed by atoms with Crippen molar-refractivity contribution in [2.45, 2.75) is 0 Å². The molecule has 2 aromatic rings. The Kier molecular flexibility index (Phi) is 3.62. The summed E-state index contributed by atoms with van der Waals surface area (Å²) in [5.74, 6) is -0.115. The van der Waals surface area contributed by atoms with E-state index in [1.165, 1.54) is 11.0 Å². The summed E-state index contributed by atoms with van der Waals surface area (Å²) >= 11 is 3.23. The van der Waals surface area contributed by atoms with Gasteiger partial charge in [-0.3, -0.25) is 4.79 Å².